The van der Waals surface area contributed by atoms with Crippen LogP contribution < -0.4 is 4.74 Å². The maximum absolute atomic E-state index is 14.5. The number of ether oxygens (including phenoxy) is 1. The molecule has 1 saturated heterocycles. The number of halogens is 1. The van der Waals surface area contributed by atoms with Crippen LogP contribution in [0.25, 0.3) is 16.9 Å². The smallest absolute Gasteiger partial charge is 0.233 e. The highest BCUT2D eigenvalue weighted by molar-refractivity contribution is 5.68. The van der Waals surface area contributed by atoms with E-state index < -0.39 is 12.3 Å². The molecule has 7 nitrogen and oxygen atoms in total. The lowest BCUT2D eigenvalue weighted by Gasteiger charge is -2.31. The monoisotopic (exact) mass is 381 g/mol. The summed E-state index contributed by atoms with van der Waals surface area (Å²) in [4.78, 5) is 2.06. The second-order valence-electron chi connectivity index (χ2n) is 7.44. The number of nitrogens with zero attached hydrogens (tertiary/aromatic N) is 5. The fourth-order valence-corrected chi connectivity index (χ4v) is 4.29. The van der Waals surface area contributed by atoms with Gasteiger partial charge in [-0.2, -0.15) is 5.10 Å². The van der Waals surface area contributed by atoms with Crippen LogP contribution in [0.2, 0.25) is 0 Å². The fourth-order valence-electron chi connectivity index (χ4n) is 4.29. The van der Waals surface area contributed by atoms with Crippen molar-refractivity contribution in [1.82, 2.24) is 24.9 Å². The number of hydrogen-bond acceptors (Lipinski definition) is 6. The molecular formula is C20H20FN5O2. The molecule has 3 heterocycles. The molecule has 5 rings (SSSR count). The molecule has 3 aromatic rings. The van der Waals surface area contributed by atoms with E-state index in [0.717, 1.165) is 18.7 Å². The summed E-state index contributed by atoms with van der Waals surface area (Å²) in [5, 5.41) is 22.8. The molecule has 2 aromatic heterocycles. The van der Waals surface area contributed by atoms with Crippen LogP contribution in [0.5, 0.6) is 11.6 Å². The van der Waals surface area contributed by atoms with Crippen LogP contribution in [0, 0.1) is 5.92 Å². The largest absolute Gasteiger partial charge is 0.507 e. The van der Waals surface area contributed by atoms with E-state index in [-0.39, 0.29) is 17.7 Å². The van der Waals surface area contributed by atoms with Gasteiger partial charge in [0.15, 0.2) is 6.17 Å². The molecule has 1 aliphatic heterocycles. The molecule has 2 bridgehead atoms. The van der Waals surface area contributed by atoms with E-state index in [2.05, 4.69) is 20.2 Å². The maximum Gasteiger partial charge on any atom is 0.233 e. The van der Waals surface area contributed by atoms with Gasteiger partial charge >= 0.3 is 0 Å². The van der Waals surface area contributed by atoms with Crippen LogP contribution in [0.15, 0.2) is 48.8 Å². The van der Waals surface area contributed by atoms with Crippen molar-refractivity contribution in [1.29, 1.82) is 0 Å². The van der Waals surface area contributed by atoms with Gasteiger partial charge in [0.1, 0.15) is 11.9 Å². The zero-order valence-corrected chi connectivity index (χ0v) is 15.3. The first-order chi connectivity index (χ1) is 13.6. The Morgan fingerprint density at radius 1 is 1.21 bits per heavy atom. The summed E-state index contributed by atoms with van der Waals surface area (Å²) in [6, 6.07) is 10.4. The van der Waals surface area contributed by atoms with Crippen LogP contribution in [-0.4, -0.2) is 61.9 Å². The summed E-state index contributed by atoms with van der Waals surface area (Å²) in [7, 11) is 1.95. The van der Waals surface area contributed by atoms with Crippen LogP contribution in [-0.2, 0) is 0 Å². The van der Waals surface area contributed by atoms with Crippen molar-refractivity contribution < 1.29 is 14.2 Å². The summed E-state index contributed by atoms with van der Waals surface area (Å²) >= 11 is 0. The van der Waals surface area contributed by atoms with Crippen molar-refractivity contribution in [2.75, 3.05) is 13.6 Å². The standard InChI is InChI=1S/C20H20FN5O2/c1-25-11-12-9-16(25)19(21)20(12)28-18-6-5-15(23-24-18)14-4-3-13(10-17(14)27)26-8-2-7-22-26/h2-8,10,12,16,19-20,27H,9,11H2,1H3/t12-,16-,19+,20-/m0/s1. The van der Waals surface area contributed by atoms with Crippen LogP contribution >= 0.6 is 0 Å². The molecule has 0 radical (unpaired) electrons. The average Bonchev–Trinajstić information content (AvgIpc) is 3.41. The number of phenolic OH excluding ortho intramolecular Hbond substituents is 1. The van der Waals surface area contributed by atoms with Gasteiger partial charge < -0.3 is 9.84 Å². The maximum atomic E-state index is 14.5. The number of rotatable bonds is 4. The van der Waals surface area contributed by atoms with Gasteiger partial charge in [-0.05, 0) is 37.7 Å². The summed E-state index contributed by atoms with van der Waals surface area (Å²) in [5.41, 5.74) is 1.82. The summed E-state index contributed by atoms with van der Waals surface area (Å²) < 4.78 is 22.0. The number of aromatic hydroxyl groups is 1. The second-order valence-corrected chi connectivity index (χ2v) is 7.44. The van der Waals surface area contributed by atoms with E-state index in [1.807, 2.05) is 19.2 Å². The SMILES string of the molecule is CN1C[C@@H]2C[C@H]1[C@@H](F)[C@H]2Oc1ccc(-c2ccc(-n3cccn3)cc2O)nn1. The van der Waals surface area contributed by atoms with Crippen molar-refractivity contribution in [3.8, 4) is 28.6 Å². The average molecular weight is 381 g/mol. The molecule has 28 heavy (non-hydrogen) atoms. The van der Waals surface area contributed by atoms with E-state index in [1.54, 1.807) is 41.3 Å². The number of aromatic nitrogens is 4. The number of fused-ring (bicyclic) bond motifs is 2. The zero-order chi connectivity index (χ0) is 19.3. The third-order valence-corrected chi connectivity index (χ3v) is 5.70. The van der Waals surface area contributed by atoms with Crippen molar-refractivity contribution in [3.05, 3.63) is 48.8 Å². The Bertz CT molecular complexity index is 977. The molecule has 4 atom stereocenters. The number of phenols is 1. The van der Waals surface area contributed by atoms with Gasteiger partial charge in [-0.1, -0.05) is 0 Å². The lowest BCUT2D eigenvalue weighted by atomic mass is 10.1. The topological polar surface area (TPSA) is 76.3 Å². The predicted octanol–water partition coefficient (Wildman–Crippen LogP) is 2.45. The van der Waals surface area contributed by atoms with E-state index >= 15 is 0 Å². The molecule has 0 spiro atoms. The molecule has 2 aliphatic rings. The minimum absolute atomic E-state index is 0.0625. The molecule has 1 N–H and O–H groups in total. The normalized spacial score (nSPS) is 26.6. The quantitative estimate of drug-likeness (QED) is 0.748. The highest BCUT2D eigenvalue weighted by Crippen LogP contribution is 2.40. The number of alkyl halides is 1. The highest BCUT2D eigenvalue weighted by Gasteiger charge is 2.52. The van der Waals surface area contributed by atoms with E-state index in [9.17, 15) is 9.50 Å². The first-order valence-electron chi connectivity index (χ1n) is 9.28. The molecule has 1 saturated carbocycles. The van der Waals surface area contributed by atoms with Crippen molar-refractivity contribution in [2.45, 2.75) is 24.7 Å². The number of hydrogen-bond donors (Lipinski definition) is 1. The van der Waals surface area contributed by atoms with Gasteiger partial charge in [-0.3, -0.25) is 4.90 Å². The number of likely N-dealkylation sites (tertiary alicyclic amines) is 1. The Labute approximate surface area is 161 Å². The van der Waals surface area contributed by atoms with Gasteiger partial charge in [-0.25, -0.2) is 9.07 Å². The van der Waals surface area contributed by atoms with Crippen molar-refractivity contribution in [2.24, 2.45) is 5.92 Å². The highest BCUT2D eigenvalue weighted by atomic mass is 19.1. The third-order valence-electron chi connectivity index (χ3n) is 5.70. The van der Waals surface area contributed by atoms with E-state index in [1.165, 1.54) is 0 Å². The van der Waals surface area contributed by atoms with Gasteiger partial charge in [-0.15, -0.1) is 10.2 Å². The first kappa shape index (κ1) is 17.1. The zero-order valence-electron chi connectivity index (χ0n) is 15.3. The molecule has 144 valence electrons. The van der Waals surface area contributed by atoms with E-state index in [4.69, 9.17) is 4.74 Å². The predicted molar refractivity (Wildman–Crippen MR) is 100 cm³/mol. The summed E-state index contributed by atoms with van der Waals surface area (Å²) in [5.74, 6) is 0.570. The molecule has 2 fully saturated rings. The summed E-state index contributed by atoms with van der Waals surface area (Å²) in [6.07, 6.45) is 2.81. The van der Waals surface area contributed by atoms with Gasteiger partial charge in [0.2, 0.25) is 5.88 Å². The van der Waals surface area contributed by atoms with Crippen LogP contribution in [0.4, 0.5) is 4.39 Å². The van der Waals surface area contributed by atoms with Crippen molar-refractivity contribution >= 4 is 0 Å². The lowest BCUT2D eigenvalue weighted by molar-refractivity contribution is 0.0220. The molecule has 0 amide bonds. The minimum atomic E-state index is -1.01. The van der Waals surface area contributed by atoms with Crippen molar-refractivity contribution in [3.63, 3.8) is 0 Å². The van der Waals surface area contributed by atoms with Gasteiger partial charge in [0.05, 0.1) is 11.4 Å². The summed E-state index contributed by atoms with van der Waals surface area (Å²) in [6.45, 7) is 0.845. The fraction of sp³-hybridized carbons (Fsp3) is 0.350. The molecule has 8 heteroatoms. The Hall–Kier alpha value is -3.00. The van der Waals surface area contributed by atoms with Crippen LogP contribution in [0.3, 0.4) is 0 Å². The molecule has 1 aliphatic carbocycles. The Kier molecular flexibility index (Phi) is 4.01. The Balaban J connectivity index is 1.33. The number of piperidine rings is 1. The van der Waals surface area contributed by atoms with E-state index in [0.29, 0.717) is 17.1 Å². The molecule has 0 unspecified atom stereocenters. The first-order valence-corrected chi connectivity index (χ1v) is 9.28. The second kappa shape index (κ2) is 6.56. The Morgan fingerprint density at radius 3 is 2.75 bits per heavy atom. The molecular weight excluding hydrogens is 361 g/mol. The molecule has 1 aromatic carbocycles. The lowest BCUT2D eigenvalue weighted by Crippen LogP contribution is -2.46. The van der Waals surface area contributed by atoms with Gasteiger partial charge in [0, 0.05) is 48.6 Å². The number of benzene rings is 1. The Morgan fingerprint density at radius 2 is 2.11 bits per heavy atom. The van der Waals surface area contributed by atoms with Crippen LogP contribution in [0.1, 0.15) is 6.42 Å². The third kappa shape index (κ3) is 2.80. The minimum Gasteiger partial charge on any atom is -0.507 e. The van der Waals surface area contributed by atoms with Gasteiger partial charge in [0.25, 0.3) is 0 Å².